The van der Waals surface area contributed by atoms with E-state index in [0.29, 0.717) is 25.9 Å². The lowest BCUT2D eigenvalue weighted by Crippen LogP contribution is -2.76. The van der Waals surface area contributed by atoms with Gasteiger partial charge in [-0.25, -0.2) is 4.79 Å². The average molecular weight is 806 g/mol. The van der Waals surface area contributed by atoms with Crippen LogP contribution in [0.2, 0.25) is 0 Å². The molecular weight excluding hydrogens is 748 g/mol. The number of rotatable bonds is 16. The van der Waals surface area contributed by atoms with Crippen LogP contribution in [0.25, 0.3) is 0 Å². The molecule has 4 heterocycles. The Kier molecular flexibility index (Phi) is 9.43. The number of fused-ring (bicyclic) bond motifs is 4. The van der Waals surface area contributed by atoms with E-state index in [9.17, 15) is 14.7 Å². The van der Waals surface area contributed by atoms with E-state index in [0.717, 1.165) is 55.8 Å². The van der Waals surface area contributed by atoms with Crippen LogP contribution in [0.1, 0.15) is 91.4 Å². The topological polar surface area (TPSA) is 110 Å². The van der Waals surface area contributed by atoms with Crippen LogP contribution in [0, 0.1) is 17.3 Å². The Morgan fingerprint density at radius 3 is 1.98 bits per heavy atom. The van der Waals surface area contributed by atoms with Gasteiger partial charge >= 0.3 is 11.9 Å². The number of esters is 2. The first-order valence-corrected chi connectivity index (χ1v) is 23.9. The van der Waals surface area contributed by atoms with Gasteiger partial charge in [0.15, 0.2) is 11.2 Å². The fourth-order valence-electron chi connectivity index (χ4n) is 12.9. The summed E-state index contributed by atoms with van der Waals surface area (Å²) in [5.41, 5.74) is -2.74. The van der Waals surface area contributed by atoms with Crippen LogP contribution in [-0.2, 0) is 33.3 Å². The van der Waals surface area contributed by atoms with Gasteiger partial charge < -0.3 is 28.8 Å². The van der Waals surface area contributed by atoms with Crippen LogP contribution in [0.5, 0.6) is 0 Å². The lowest BCUT2D eigenvalue weighted by atomic mass is 9.44. The van der Waals surface area contributed by atoms with Crippen LogP contribution in [0.4, 0.5) is 0 Å². The van der Waals surface area contributed by atoms with Crippen molar-refractivity contribution in [1.29, 1.82) is 0 Å². The van der Waals surface area contributed by atoms with Gasteiger partial charge in [-0.3, -0.25) is 4.79 Å². The lowest BCUT2D eigenvalue weighted by Gasteiger charge is -2.56. The van der Waals surface area contributed by atoms with E-state index >= 15 is 0 Å². The standard InChI is InChI=1S/C49H58O8P/c1-33(2)47-42(56-47)43-49(57-43)45(3)28-27-37-38(31-53-44(37)51)39(45)30-40-48(49,55-40)46(47,52)32-54-41(50)26-18-7-5-4-6-8-19-29-58(34-20-12-9-13-21-34,35-22-14-10-15-23-35)36-24-16-11-17-25-36/h9-17,20-25,33,39-40,42-43,52H,4-8,18-19,26-32H2,1-3H3/q+1/t39-,40-,42-,43-,45-,46-,47-,48+,49+/m0/s1. The number of hydrogen-bond acceptors (Lipinski definition) is 8. The Morgan fingerprint density at radius 1 is 0.793 bits per heavy atom. The molecule has 0 unspecified atom stereocenters. The zero-order chi connectivity index (χ0) is 40.0. The SMILES string of the molecule is CC(C)[C@]12O[C@H]1[C@@H]1O[C@]13[C@]1(O[C@H]1C[C@H]1C4=C(CC[C@@]13C)C(=O)OC4)[C@]2(O)COC(=O)CCCCCCCCC[P+](c1ccccc1)(c1ccccc1)c1ccccc1. The number of unbranched alkanes of at least 4 members (excludes halogenated alkanes) is 6. The number of ether oxygens (including phenoxy) is 5. The summed E-state index contributed by atoms with van der Waals surface area (Å²) in [5, 5.41) is 17.3. The van der Waals surface area contributed by atoms with Crippen LogP contribution >= 0.6 is 7.26 Å². The molecule has 5 fully saturated rings. The largest absolute Gasteiger partial charge is 0.462 e. The highest BCUT2D eigenvalue weighted by Gasteiger charge is 3.04. The van der Waals surface area contributed by atoms with Gasteiger partial charge in [0.25, 0.3) is 0 Å². The van der Waals surface area contributed by atoms with Crippen molar-refractivity contribution in [2.75, 3.05) is 19.4 Å². The maximum atomic E-state index is 13.4. The van der Waals surface area contributed by atoms with Crippen LogP contribution in [0.15, 0.2) is 102 Å². The third kappa shape index (κ3) is 5.23. The monoisotopic (exact) mass is 805 g/mol. The summed E-state index contributed by atoms with van der Waals surface area (Å²) in [7, 11) is -1.80. The Balaban J connectivity index is 0.737. The molecular formula is C49H58O8P+. The third-order valence-electron chi connectivity index (χ3n) is 15.8. The van der Waals surface area contributed by atoms with Gasteiger partial charge in [0.1, 0.15) is 59.8 Å². The van der Waals surface area contributed by atoms with Crippen LogP contribution in [-0.4, -0.2) is 77.1 Å². The quantitative estimate of drug-likeness (QED) is 0.0706. The highest BCUT2D eigenvalue weighted by atomic mass is 31.2. The van der Waals surface area contributed by atoms with Gasteiger partial charge in [-0.15, -0.1) is 0 Å². The molecule has 3 saturated heterocycles. The van der Waals surface area contributed by atoms with Gasteiger partial charge in [0.2, 0.25) is 0 Å². The minimum Gasteiger partial charge on any atom is -0.462 e. The molecule has 0 radical (unpaired) electrons. The number of cyclic esters (lactones) is 1. The smallest absolute Gasteiger partial charge is 0.334 e. The van der Waals surface area contributed by atoms with Crippen molar-refractivity contribution in [2.24, 2.45) is 17.3 Å². The summed E-state index contributed by atoms with van der Waals surface area (Å²) in [6.07, 6.45) is 10.2. The Labute approximate surface area is 343 Å². The molecule has 1 N–H and O–H groups in total. The molecule has 10 rings (SSSR count). The maximum Gasteiger partial charge on any atom is 0.334 e. The number of aliphatic hydroxyl groups is 1. The Bertz CT molecular complexity index is 1990. The molecule has 9 heteroatoms. The van der Waals surface area contributed by atoms with E-state index in [2.05, 4.69) is 112 Å². The second-order valence-corrected chi connectivity index (χ2v) is 22.3. The van der Waals surface area contributed by atoms with Gasteiger partial charge in [-0.05, 0) is 92.3 Å². The third-order valence-corrected chi connectivity index (χ3v) is 20.3. The highest BCUT2D eigenvalue weighted by molar-refractivity contribution is 7.95. The molecule has 3 aromatic rings. The van der Waals surface area contributed by atoms with Crippen molar-refractivity contribution < 1.29 is 38.4 Å². The van der Waals surface area contributed by atoms with E-state index in [1.54, 1.807) is 0 Å². The van der Waals surface area contributed by atoms with Crippen molar-refractivity contribution >= 4 is 35.1 Å². The Morgan fingerprint density at radius 2 is 1.38 bits per heavy atom. The lowest BCUT2D eigenvalue weighted by molar-refractivity contribution is -0.197. The molecule has 0 bridgehead atoms. The summed E-state index contributed by atoms with van der Waals surface area (Å²) in [6, 6.07) is 33.3. The van der Waals surface area contributed by atoms with E-state index in [1.165, 1.54) is 28.8 Å². The summed E-state index contributed by atoms with van der Waals surface area (Å²) in [5.74, 6) is -0.456. The van der Waals surface area contributed by atoms with Gasteiger partial charge in [-0.1, -0.05) is 101 Å². The van der Waals surface area contributed by atoms with E-state index in [4.69, 9.17) is 23.7 Å². The van der Waals surface area contributed by atoms with E-state index < -0.39 is 29.7 Å². The van der Waals surface area contributed by atoms with Crippen molar-refractivity contribution in [3.63, 3.8) is 0 Å². The maximum absolute atomic E-state index is 13.4. The minimum atomic E-state index is -1.80. The second kappa shape index (κ2) is 14.1. The number of carbonyl (C=O) groups excluding carboxylic acids is 2. The molecule has 9 atom stereocenters. The first-order chi connectivity index (χ1) is 28.1. The molecule has 58 heavy (non-hydrogen) atoms. The molecule has 0 aromatic heterocycles. The van der Waals surface area contributed by atoms with Gasteiger partial charge in [0, 0.05) is 17.4 Å². The molecule has 8 nitrogen and oxygen atoms in total. The molecule has 4 aliphatic heterocycles. The molecule has 306 valence electrons. The molecule has 7 aliphatic rings. The minimum absolute atomic E-state index is 0.0389. The molecule has 0 amide bonds. The second-order valence-electron chi connectivity index (χ2n) is 18.7. The van der Waals surface area contributed by atoms with Crippen molar-refractivity contribution in [3.8, 4) is 0 Å². The summed E-state index contributed by atoms with van der Waals surface area (Å²) >= 11 is 0. The predicted octanol–water partition coefficient (Wildman–Crippen LogP) is 7.13. The number of epoxide rings is 3. The summed E-state index contributed by atoms with van der Waals surface area (Å²) in [6.45, 7) is 6.53. The normalized spacial score (nSPS) is 36.1. The van der Waals surface area contributed by atoms with Gasteiger partial charge in [0.05, 0.1) is 12.3 Å². The first-order valence-electron chi connectivity index (χ1n) is 22.0. The van der Waals surface area contributed by atoms with Crippen LogP contribution < -0.4 is 15.9 Å². The zero-order valence-corrected chi connectivity index (χ0v) is 35.1. The fourth-order valence-corrected chi connectivity index (χ4v) is 17.4. The fraction of sp³-hybridized carbons (Fsp3) is 0.551. The van der Waals surface area contributed by atoms with Crippen molar-refractivity contribution in [1.82, 2.24) is 0 Å². The Hall–Kier alpha value is -3.39. The van der Waals surface area contributed by atoms with Gasteiger partial charge in [-0.2, -0.15) is 0 Å². The van der Waals surface area contributed by atoms with Crippen molar-refractivity contribution in [3.05, 3.63) is 102 Å². The van der Waals surface area contributed by atoms with Crippen LogP contribution in [0.3, 0.4) is 0 Å². The predicted molar refractivity (Wildman–Crippen MR) is 224 cm³/mol. The van der Waals surface area contributed by atoms with E-state index in [1.807, 2.05) is 0 Å². The molecule has 2 saturated carbocycles. The number of carbonyl (C=O) groups is 2. The average Bonchev–Trinajstić information content (AvgIpc) is 4.17. The summed E-state index contributed by atoms with van der Waals surface area (Å²) < 4.78 is 31.6. The zero-order valence-electron chi connectivity index (χ0n) is 34.2. The van der Waals surface area contributed by atoms with E-state index in [-0.39, 0.29) is 54.1 Å². The highest BCUT2D eigenvalue weighted by Crippen LogP contribution is 2.85. The molecule has 2 spiro atoms. The number of benzene rings is 3. The van der Waals surface area contributed by atoms with Crippen molar-refractivity contribution in [2.45, 2.75) is 132 Å². The number of hydrogen-bond donors (Lipinski definition) is 1. The summed E-state index contributed by atoms with van der Waals surface area (Å²) in [4.78, 5) is 25.9. The molecule has 3 aliphatic carbocycles. The first kappa shape index (κ1) is 38.8. The molecule has 3 aromatic carbocycles.